The Morgan fingerprint density at radius 3 is 2.57 bits per heavy atom. The van der Waals surface area contributed by atoms with E-state index in [2.05, 4.69) is 54.7 Å². The van der Waals surface area contributed by atoms with Gasteiger partial charge in [-0.05, 0) is 60.4 Å². The zero-order valence-electron chi connectivity index (χ0n) is 12.8. The van der Waals surface area contributed by atoms with Crippen molar-refractivity contribution in [2.75, 3.05) is 13.1 Å². The molecule has 1 heteroatoms. The third kappa shape index (κ3) is 2.20. The van der Waals surface area contributed by atoms with Gasteiger partial charge in [0.15, 0.2) is 0 Å². The Morgan fingerprint density at radius 1 is 1.00 bits per heavy atom. The van der Waals surface area contributed by atoms with Crippen LogP contribution >= 0.6 is 0 Å². The van der Waals surface area contributed by atoms with Crippen LogP contribution in [0.1, 0.15) is 34.2 Å². The number of hydrogen-bond donors (Lipinski definition) is 1. The average molecular weight is 277 g/mol. The summed E-state index contributed by atoms with van der Waals surface area (Å²) in [5, 5.41) is 3.50. The minimum absolute atomic E-state index is 0.304. The van der Waals surface area contributed by atoms with Crippen molar-refractivity contribution in [2.24, 2.45) is 0 Å². The summed E-state index contributed by atoms with van der Waals surface area (Å²) in [6, 6.07) is 16.1. The number of nitrogens with one attached hydrogen (secondary N) is 1. The van der Waals surface area contributed by atoms with Crippen LogP contribution in [0.5, 0.6) is 0 Å². The first-order valence-corrected chi connectivity index (χ1v) is 8.14. The predicted molar refractivity (Wildman–Crippen MR) is 87.9 cm³/mol. The van der Waals surface area contributed by atoms with E-state index in [1.807, 2.05) is 0 Å². The van der Waals surface area contributed by atoms with Gasteiger partial charge in [-0.1, -0.05) is 42.5 Å². The van der Waals surface area contributed by atoms with E-state index in [9.17, 15) is 0 Å². The second-order valence-electron chi connectivity index (χ2n) is 6.83. The Kier molecular flexibility index (Phi) is 3.11. The molecular weight excluding hydrogens is 254 g/mol. The van der Waals surface area contributed by atoms with Crippen molar-refractivity contribution in [3.8, 4) is 0 Å². The Bertz CT molecular complexity index is 667. The molecule has 1 heterocycles. The SMILES string of the molecule is Cc1ccccc1C1(Cc2ccc3c(c2)CCC3)CNC1. The molecule has 2 aromatic rings. The van der Waals surface area contributed by atoms with Gasteiger partial charge in [0, 0.05) is 18.5 Å². The van der Waals surface area contributed by atoms with E-state index in [4.69, 9.17) is 0 Å². The van der Waals surface area contributed by atoms with Crippen molar-refractivity contribution >= 4 is 0 Å². The van der Waals surface area contributed by atoms with E-state index in [1.54, 1.807) is 11.1 Å². The van der Waals surface area contributed by atoms with Crippen molar-refractivity contribution in [1.29, 1.82) is 0 Å². The van der Waals surface area contributed by atoms with Crippen LogP contribution in [-0.2, 0) is 24.7 Å². The fraction of sp³-hybridized carbons (Fsp3) is 0.400. The number of rotatable bonds is 3. The predicted octanol–water partition coefficient (Wildman–Crippen LogP) is 3.57. The molecule has 0 aromatic heterocycles. The molecule has 2 aliphatic rings. The zero-order chi connectivity index (χ0) is 14.3. The highest BCUT2D eigenvalue weighted by molar-refractivity contribution is 5.41. The molecule has 0 amide bonds. The highest BCUT2D eigenvalue weighted by Crippen LogP contribution is 2.35. The Hall–Kier alpha value is -1.60. The topological polar surface area (TPSA) is 12.0 Å². The van der Waals surface area contributed by atoms with Crippen LogP contribution in [0.25, 0.3) is 0 Å². The van der Waals surface area contributed by atoms with Crippen molar-refractivity contribution in [3.63, 3.8) is 0 Å². The summed E-state index contributed by atoms with van der Waals surface area (Å²) in [6.45, 7) is 4.46. The second-order valence-corrected chi connectivity index (χ2v) is 6.83. The fourth-order valence-corrected chi connectivity index (χ4v) is 4.13. The second kappa shape index (κ2) is 4.99. The maximum Gasteiger partial charge on any atom is 0.0245 e. The van der Waals surface area contributed by atoms with Crippen LogP contribution in [0.3, 0.4) is 0 Å². The van der Waals surface area contributed by atoms with Crippen molar-refractivity contribution in [2.45, 2.75) is 38.0 Å². The highest BCUT2D eigenvalue weighted by atomic mass is 15.0. The Labute approximate surface area is 127 Å². The first kappa shape index (κ1) is 13.1. The molecule has 0 atom stereocenters. The van der Waals surface area contributed by atoms with Crippen LogP contribution in [0, 0.1) is 6.92 Å². The minimum atomic E-state index is 0.304. The first-order valence-electron chi connectivity index (χ1n) is 8.14. The smallest absolute Gasteiger partial charge is 0.0245 e. The molecule has 108 valence electrons. The van der Waals surface area contributed by atoms with Gasteiger partial charge in [-0.3, -0.25) is 0 Å². The van der Waals surface area contributed by atoms with Crippen molar-refractivity contribution < 1.29 is 0 Å². The molecular formula is C20H23N. The molecule has 0 saturated carbocycles. The first-order chi connectivity index (χ1) is 10.3. The lowest BCUT2D eigenvalue weighted by atomic mass is 9.69. The van der Waals surface area contributed by atoms with Crippen LogP contribution in [0.15, 0.2) is 42.5 Å². The quantitative estimate of drug-likeness (QED) is 0.904. The molecule has 1 aliphatic carbocycles. The summed E-state index contributed by atoms with van der Waals surface area (Å²) in [6.07, 6.45) is 5.06. The molecule has 2 aromatic carbocycles. The Balaban J connectivity index is 1.67. The van der Waals surface area contributed by atoms with Gasteiger partial charge >= 0.3 is 0 Å². The molecule has 0 spiro atoms. The summed E-state index contributed by atoms with van der Waals surface area (Å²) in [7, 11) is 0. The van der Waals surface area contributed by atoms with Gasteiger partial charge in [0.05, 0.1) is 0 Å². The summed E-state index contributed by atoms with van der Waals surface area (Å²) in [5.74, 6) is 0. The summed E-state index contributed by atoms with van der Waals surface area (Å²) < 4.78 is 0. The Morgan fingerprint density at radius 2 is 1.81 bits per heavy atom. The summed E-state index contributed by atoms with van der Waals surface area (Å²) in [4.78, 5) is 0. The van der Waals surface area contributed by atoms with E-state index in [0.717, 1.165) is 19.5 Å². The van der Waals surface area contributed by atoms with Gasteiger partial charge in [0.1, 0.15) is 0 Å². The monoisotopic (exact) mass is 277 g/mol. The molecule has 1 aliphatic heterocycles. The molecule has 1 fully saturated rings. The molecule has 1 saturated heterocycles. The molecule has 1 nitrogen and oxygen atoms in total. The molecule has 1 N–H and O–H groups in total. The average Bonchev–Trinajstić information content (AvgIpc) is 2.91. The van der Waals surface area contributed by atoms with E-state index >= 15 is 0 Å². The summed E-state index contributed by atoms with van der Waals surface area (Å²) in [5.41, 5.74) is 7.96. The number of fused-ring (bicyclic) bond motifs is 1. The van der Waals surface area contributed by atoms with Gasteiger partial charge in [-0.15, -0.1) is 0 Å². The van der Waals surface area contributed by atoms with Gasteiger partial charge in [-0.25, -0.2) is 0 Å². The van der Waals surface area contributed by atoms with Gasteiger partial charge in [0.2, 0.25) is 0 Å². The third-order valence-electron chi connectivity index (χ3n) is 5.35. The van der Waals surface area contributed by atoms with E-state index in [0.29, 0.717) is 5.41 Å². The van der Waals surface area contributed by atoms with Crippen LogP contribution in [0.4, 0.5) is 0 Å². The van der Waals surface area contributed by atoms with E-state index in [1.165, 1.54) is 36.0 Å². The van der Waals surface area contributed by atoms with Gasteiger partial charge < -0.3 is 5.32 Å². The largest absolute Gasteiger partial charge is 0.315 e. The lowest BCUT2D eigenvalue weighted by Crippen LogP contribution is -2.58. The molecule has 4 rings (SSSR count). The van der Waals surface area contributed by atoms with Crippen LogP contribution in [-0.4, -0.2) is 13.1 Å². The number of aryl methyl sites for hydroxylation is 3. The van der Waals surface area contributed by atoms with E-state index < -0.39 is 0 Å². The van der Waals surface area contributed by atoms with Crippen LogP contribution in [0.2, 0.25) is 0 Å². The fourth-order valence-electron chi connectivity index (χ4n) is 4.13. The number of hydrogen-bond acceptors (Lipinski definition) is 1. The molecule has 0 radical (unpaired) electrons. The van der Waals surface area contributed by atoms with Crippen molar-refractivity contribution in [3.05, 3.63) is 70.3 Å². The van der Waals surface area contributed by atoms with Crippen molar-refractivity contribution in [1.82, 2.24) is 5.32 Å². The van der Waals surface area contributed by atoms with Gasteiger partial charge in [0.25, 0.3) is 0 Å². The van der Waals surface area contributed by atoms with E-state index in [-0.39, 0.29) is 0 Å². The van der Waals surface area contributed by atoms with Crippen LogP contribution < -0.4 is 5.32 Å². The molecule has 0 bridgehead atoms. The maximum atomic E-state index is 3.50. The lowest BCUT2D eigenvalue weighted by molar-refractivity contribution is 0.273. The standard InChI is InChI=1S/C20H23N/c1-15-5-2-3-8-19(15)20(13-21-14-20)12-16-9-10-17-6-4-7-18(17)11-16/h2-3,5,8-11,21H,4,6-7,12-14H2,1H3. The van der Waals surface area contributed by atoms with Gasteiger partial charge in [-0.2, -0.15) is 0 Å². The highest BCUT2D eigenvalue weighted by Gasteiger charge is 2.39. The third-order valence-corrected chi connectivity index (χ3v) is 5.35. The molecule has 0 unspecified atom stereocenters. The maximum absolute atomic E-state index is 3.50. The zero-order valence-corrected chi connectivity index (χ0v) is 12.8. The normalized spacial score (nSPS) is 19.1. The molecule has 21 heavy (non-hydrogen) atoms. The lowest BCUT2D eigenvalue weighted by Gasteiger charge is -2.44. The summed E-state index contributed by atoms with van der Waals surface area (Å²) >= 11 is 0. The minimum Gasteiger partial charge on any atom is -0.315 e. The number of benzene rings is 2.